The summed E-state index contributed by atoms with van der Waals surface area (Å²) in [5, 5.41) is 13.2. The molecular formula is C16H25NO2. The number of phenols is 1. The number of hydrogen-bond acceptors (Lipinski definition) is 3. The van der Waals surface area contributed by atoms with Gasteiger partial charge in [-0.15, -0.1) is 0 Å². The van der Waals surface area contributed by atoms with Crippen molar-refractivity contribution >= 4 is 0 Å². The van der Waals surface area contributed by atoms with Gasteiger partial charge in [0.2, 0.25) is 0 Å². The molecule has 1 aromatic carbocycles. The number of fused-ring (bicyclic) bond motifs is 1. The first-order chi connectivity index (χ1) is 9.02. The number of aromatic hydroxyl groups is 1. The summed E-state index contributed by atoms with van der Waals surface area (Å²) in [6, 6.07) is 6.11. The molecule has 0 heterocycles. The average molecular weight is 263 g/mol. The molecule has 1 aromatic rings. The zero-order valence-corrected chi connectivity index (χ0v) is 12.2. The van der Waals surface area contributed by atoms with E-state index in [2.05, 4.69) is 25.2 Å². The van der Waals surface area contributed by atoms with Crippen LogP contribution in [-0.2, 0) is 11.2 Å². The van der Waals surface area contributed by atoms with E-state index in [-0.39, 0.29) is 5.60 Å². The van der Waals surface area contributed by atoms with Gasteiger partial charge in [-0.1, -0.05) is 6.07 Å². The average Bonchev–Trinajstić information content (AvgIpc) is 2.36. The van der Waals surface area contributed by atoms with Crippen LogP contribution in [0.3, 0.4) is 0 Å². The van der Waals surface area contributed by atoms with E-state index in [9.17, 15) is 5.11 Å². The molecule has 0 radical (unpaired) electrons. The Balaban J connectivity index is 2.04. The standard InChI is InChI=1S/C16H25NO2/c1-4-19-16(2,3)11-17-15-7-5-6-12-10-13(18)8-9-14(12)15/h8-10,15,17-18H,4-7,11H2,1-3H3. The molecule has 1 aliphatic rings. The number of phenolic OH excluding ortho intramolecular Hbond substituents is 1. The van der Waals surface area contributed by atoms with E-state index in [1.807, 2.05) is 13.0 Å². The summed E-state index contributed by atoms with van der Waals surface area (Å²) in [7, 11) is 0. The number of aryl methyl sites for hydroxylation is 1. The number of benzene rings is 1. The second kappa shape index (κ2) is 5.93. The Labute approximate surface area is 116 Å². The topological polar surface area (TPSA) is 41.5 Å². The molecule has 1 unspecified atom stereocenters. The van der Waals surface area contributed by atoms with E-state index in [1.165, 1.54) is 17.5 Å². The van der Waals surface area contributed by atoms with E-state index in [0.717, 1.165) is 26.0 Å². The highest BCUT2D eigenvalue weighted by Crippen LogP contribution is 2.32. The van der Waals surface area contributed by atoms with Crippen LogP contribution in [-0.4, -0.2) is 23.9 Å². The molecule has 0 fully saturated rings. The zero-order valence-electron chi connectivity index (χ0n) is 12.2. The molecule has 2 N–H and O–H groups in total. The molecule has 1 aliphatic carbocycles. The van der Waals surface area contributed by atoms with E-state index < -0.39 is 0 Å². The Hall–Kier alpha value is -1.06. The molecule has 0 saturated carbocycles. The maximum atomic E-state index is 9.56. The van der Waals surface area contributed by atoms with Gasteiger partial charge in [-0.2, -0.15) is 0 Å². The lowest BCUT2D eigenvalue weighted by atomic mass is 9.87. The molecule has 3 heteroatoms. The molecule has 2 rings (SSSR count). The fourth-order valence-corrected chi connectivity index (χ4v) is 2.82. The lowest BCUT2D eigenvalue weighted by molar-refractivity contribution is -0.0109. The monoisotopic (exact) mass is 263 g/mol. The van der Waals surface area contributed by atoms with Crippen molar-refractivity contribution in [3.63, 3.8) is 0 Å². The second-order valence-electron chi connectivity index (χ2n) is 5.90. The molecule has 106 valence electrons. The molecule has 0 aliphatic heterocycles. The van der Waals surface area contributed by atoms with Crippen LogP contribution < -0.4 is 5.32 Å². The van der Waals surface area contributed by atoms with Crippen LogP contribution in [0.4, 0.5) is 0 Å². The van der Waals surface area contributed by atoms with Gasteiger partial charge in [-0.25, -0.2) is 0 Å². The highest BCUT2D eigenvalue weighted by Gasteiger charge is 2.24. The van der Waals surface area contributed by atoms with Crippen LogP contribution in [0.15, 0.2) is 18.2 Å². The number of hydrogen-bond donors (Lipinski definition) is 2. The van der Waals surface area contributed by atoms with Gasteiger partial charge in [0.05, 0.1) is 5.60 Å². The molecular weight excluding hydrogens is 238 g/mol. The number of rotatable bonds is 5. The van der Waals surface area contributed by atoms with Crippen molar-refractivity contribution in [2.45, 2.75) is 51.7 Å². The third kappa shape index (κ3) is 3.71. The third-order valence-electron chi connectivity index (χ3n) is 3.75. The minimum atomic E-state index is -0.136. The quantitative estimate of drug-likeness (QED) is 0.857. The predicted molar refractivity (Wildman–Crippen MR) is 77.5 cm³/mol. The Morgan fingerprint density at radius 3 is 2.95 bits per heavy atom. The Bertz CT molecular complexity index is 429. The van der Waals surface area contributed by atoms with Gasteiger partial charge >= 0.3 is 0 Å². The van der Waals surface area contributed by atoms with Crippen molar-refractivity contribution in [2.24, 2.45) is 0 Å². The molecule has 0 aromatic heterocycles. The van der Waals surface area contributed by atoms with Crippen molar-refractivity contribution in [3.05, 3.63) is 29.3 Å². The lowest BCUT2D eigenvalue weighted by Gasteiger charge is -2.31. The zero-order chi connectivity index (χ0) is 13.9. The highest BCUT2D eigenvalue weighted by atomic mass is 16.5. The fourth-order valence-electron chi connectivity index (χ4n) is 2.82. The maximum Gasteiger partial charge on any atom is 0.115 e. The van der Waals surface area contributed by atoms with Crippen molar-refractivity contribution in [1.82, 2.24) is 5.32 Å². The van der Waals surface area contributed by atoms with Crippen molar-refractivity contribution in [3.8, 4) is 5.75 Å². The Morgan fingerprint density at radius 2 is 2.21 bits per heavy atom. The van der Waals surface area contributed by atoms with Crippen LogP contribution in [0.2, 0.25) is 0 Å². The van der Waals surface area contributed by atoms with E-state index in [1.54, 1.807) is 6.07 Å². The minimum Gasteiger partial charge on any atom is -0.508 e. The normalized spacial score (nSPS) is 19.2. The minimum absolute atomic E-state index is 0.136. The Kier molecular flexibility index (Phi) is 4.48. The summed E-state index contributed by atoms with van der Waals surface area (Å²) in [6.07, 6.45) is 3.39. The molecule has 19 heavy (non-hydrogen) atoms. The SMILES string of the molecule is CCOC(C)(C)CNC1CCCc2cc(O)ccc21. The first-order valence-corrected chi connectivity index (χ1v) is 7.21. The smallest absolute Gasteiger partial charge is 0.115 e. The van der Waals surface area contributed by atoms with Gasteiger partial charge in [-0.3, -0.25) is 0 Å². The summed E-state index contributed by atoms with van der Waals surface area (Å²) in [5.41, 5.74) is 2.47. The van der Waals surface area contributed by atoms with Gasteiger partial charge in [0, 0.05) is 19.2 Å². The predicted octanol–water partition coefficient (Wildman–Crippen LogP) is 3.17. The van der Waals surface area contributed by atoms with Crippen LogP contribution in [0.5, 0.6) is 5.75 Å². The van der Waals surface area contributed by atoms with Crippen LogP contribution in [0, 0.1) is 0 Å². The summed E-state index contributed by atoms with van der Waals surface area (Å²) in [6.45, 7) is 7.84. The summed E-state index contributed by atoms with van der Waals surface area (Å²) in [5.74, 6) is 0.369. The number of ether oxygens (including phenoxy) is 1. The molecule has 0 amide bonds. The van der Waals surface area contributed by atoms with Gasteiger partial charge in [0.25, 0.3) is 0 Å². The third-order valence-corrected chi connectivity index (χ3v) is 3.75. The maximum absolute atomic E-state index is 9.56. The van der Waals surface area contributed by atoms with Gasteiger partial charge in [0.1, 0.15) is 5.75 Å². The van der Waals surface area contributed by atoms with Crippen molar-refractivity contribution in [2.75, 3.05) is 13.2 Å². The van der Waals surface area contributed by atoms with Gasteiger partial charge < -0.3 is 15.2 Å². The lowest BCUT2D eigenvalue weighted by Crippen LogP contribution is -2.40. The van der Waals surface area contributed by atoms with Crippen molar-refractivity contribution in [1.29, 1.82) is 0 Å². The van der Waals surface area contributed by atoms with Gasteiger partial charge in [0.15, 0.2) is 0 Å². The first-order valence-electron chi connectivity index (χ1n) is 7.21. The number of nitrogens with one attached hydrogen (secondary N) is 1. The molecule has 0 spiro atoms. The fraction of sp³-hybridized carbons (Fsp3) is 0.625. The Morgan fingerprint density at radius 1 is 1.42 bits per heavy atom. The first kappa shape index (κ1) is 14.4. The van der Waals surface area contributed by atoms with Crippen LogP contribution >= 0.6 is 0 Å². The van der Waals surface area contributed by atoms with Gasteiger partial charge in [-0.05, 0) is 63.3 Å². The van der Waals surface area contributed by atoms with E-state index in [4.69, 9.17) is 4.74 Å². The van der Waals surface area contributed by atoms with Crippen LogP contribution in [0.1, 0.15) is 50.8 Å². The van der Waals surface area contributed by atoms with E-state index in [0.29, 0.717) is 11.8 Å². The second-order valence-corrected chi connectivity index (χ2v) is 5.90. The molecule has 1 atom stereocenters. The van der Waals surface area contributed by atoms with Crippen LogP contribution in [0.25, 0.3) is 0 Å². The summed E-state index contributed by atoms with van der Waals surface area (Å²) >= 11 is 0. The molecule has 0 bridgehead atoms. The molecule has 0 saturated heterocycles. The van der Waals surface area contributed by atoms with Crippen molar-refractivity contribution < 1.29 is 9.84 Å². The largest absolute Gasteiger partial charge is 0.508 e. The molecule has 3 nitrogen and oxygen atoms in total. The summed E-state index contributed by atoms with van der Waals surface area (Å²) in [4.78, 5) is 0. The highest BCUT2D eigenvalue weighted by molar-refractivity contribution is 5.38. The van der Waals surface area contributed by atoms with E-state index >= 15 is 0 Å². The summed E-state index contributed by atoms with van der Waals surface area (Å²) < 4.78 is 5.72.